The summed E-state index contributed by atoms with van der Waals surface area (Å²) < 4.78 is 11.5. The molecule has 1 saturated carbocycles. The van der Waals surface area contributed by atoms with E-state index in [1.165, 1.54) is 0 Å². The minimum absolute atomic E-state index is 0.0640. The maximum Gasteiger partial charge on any atom is 0.315 e. The Morgan fingerprint density at radius 1 is 1.10 bits per heavy atom. The quantitative estimate of drug-likeness (QED) is 0.320. The number of rotatable bonds is 11. The van der Waals surface area contributed by atoms with Crippen molar-refractivity contribution in [2.24, 2.45) is 11.3 Å². The van der Waals surface area contributed by atoms with Gasteiger partial charge in [0.05, 0.1) is 18.1 Å². The molecule has 0 N–H and O–H groups in total. The van der Waals surface area contributed by atoms with Crippen LogP contribution in [0.3, 0.4) is 0 Å². The first kappa shape index (κ1) is 18.2. The predicted octanol–water partition coefficient (Wildman–Crippen LogP) is 4.51. The smallest absolute Gasteiger partial charge is 0.315 e. The van der Waals surface area contributed by atoms with Crippen molar-refractivity contribution in [2.75, 3.05) is 13.2 Å². The molecule has 0 aromatic heterocycles. The van der Waals surface area contributed by atoms with Crippen LogP contribution in [-0.4, -0.2) is 25.3 Å². The first-order valence-electron chi connectivity index (χ1n) is 8.54. The number of carbonyl (C=O) groups is 1. The highest BCUT2D eigenvalue weighted by Crippen LogP contribution is 2.51. The number of esters is 1. The normalized spacial score (nSPS) is 18.1. The van der Waals surface area contributed by atoms with Crippen LogP contribution in [0.1, 0.15) is 66.2 Å². The minimum atomic E-state index is -0.410. The molecule has 0 spiro atoms. The van der Waals surface area contributed by atoms with Gasteiger partial charge in [-0.25, -0.2) is 0 Å². The van der Waals surface area contributed by atoms with Crippen LogP contribution in [0, 0.1) is 11.3 Å². The standard InChI is InChI=1S/C18H32O3/c1-5-7-13-20-16(10-9-15(3)4)18(11-12-18)17(19)21-14-8-6-2/h9-10,15-16H,5-8,11-14H2,1-4H3/b10-9+/t16-/m1/s1. The molecular formula is C18H32O3. The molecule has 3 heteroatoms. The number of hydrogen-bond acceptors (Lipinski definition) is 3. The summed E-state index contributed by atoms with van der Waals surface area (Å²) in [5, 5.41) is 0. The molecule has 1 fully saturated rings. The molecule has 0 unspecified atom stereocenters. The molecule has 0 aliphatic heterocycles. The molecule has 1 aliphatic rings. The Morgan fingerprint density at radius 2 is 1.71 bits per heavy atom. The average Bonchev–Trinajstić information content (AvgIpc) is 3.24. The fourth-order valence-corrected chi connectivity index (χ4v) is 2.27. The molecule has 0 radical (unpaired) electrons. The fourth-order valence-electron chi connectivity index (χ4n) is 2.27. The van der Waals surface area contributed by atoms with Crippen molar-refractivity contribution in [3.05, 3.63) is 12.2 Å². The molecule has 3 nitrogen and oxygen atoms in total. The highest BCUT2D eigenvalue weighted by atomic mass is 16.5. The summed E-state index contributed by atoms with van der Waals surface area (Å²) in [7, 11) is 0. The summed E-state index contributed by atoms with van der Waals surface area (Å²) >= 11 is 0. The Bertz CT molecular complexity index is 329. The lowest BCUT2D eigenvalue weighted by Gasteiger charge is -2.23. The maximum absolute atomic E-state index is 12.4. The fraction of sp³-hybridized carbons (Fsp3) is 0.833. The van der Waals surface area contributed by atoms with Gasteiger partial charge in [-0.05, 0) is 31.6 Å². The Hall–Kier alpha value is -0.830. The van der Waals surface area contributed by atoms with E-state index in [2.05, 4.69) is 39.8 Å². The van der Waals surface area contributed by atoms with Crippen molar-refractivity contribution < 1.29 is 14.3 Å². The molecule has 0 bridgehead atoms. The van der Waals surface area contributed by atoms with Crippen molar-refractivity contribution >= 4 is 5.97 Å². The third-order valence-electron chi connectivity index (χ3n) is 3.94. The molecule has 1 rings (SSSR count). The van der Waals surface area contributed by atoms with Crippen LogP contribution in [0.2, 0.25) is 0 Å². The molecule has 0 aromatic carbocycles. The van der Waals surface area contributed by atoms with Gasteiger partial charge in [0.2, 0.25) is 0 Å². The second-order valence-electron chi connectivity index (χ2n) is 6.42. The van der Waals surface area contributed by atoms with Gasteiger partial charge in [-0.2, -0.15) is 0 Å². The first-order chi connectivity index (χ1) is 10.1. The van der Waals surface area contributed by atoms with Crippen LogP contribution >= 0.6 is 0 Å². The van der Waals surface area contributed by atoms with Gasteiger partial charge in [0.15, 0.2) is 0 Å². The van der Waals surface area contributed by atoms with Gasteiger partial charge < -0.3 is 9.47 Å². The van der Waals surface area contributed by atoms with Crippen LogP contribution in [-0.2, 0) is 14.3 Å². The summed E-state index contributed by atoms with van der Waals surface area (Å²) in [5.74, 6) is 0.403. The molecule has 122 valence electrons. The van der Waals surface area contributed by atoms with E-state index in [0.717, 1.165) is 38.5 Å². The molecule has 0 amide bonds. The van der Waals surface area contributed by atoms with Crippen molar-refractivity contribution in [1.29, 1.82) is 0 Å². The van der Waals surface area contributed by atoms with Crippen molar-refractivity contribution in [2.45, 2.75) is 72.3 Å². The summed E-state index contributed by atoms with van der Waals surface area (Å²) in [6.45, 7) is 9.77. The van der Waals surface area contributed by atoms with Crippen molar-refractivity contribution in [1.82, 2.24) is 0 Å². The minimum Gasteiger partial charge on any atom is -0.465 e. The van der Waals surface area contributed by atoms with Gasteiger partial charge in [-0.15, -0.1) is 0 Å². The van der Waals surface area contributed by atoms with E-state index in [1.807, 2.05) is 0 Å². The van der Waals surface area contributed by atoms with E-state index in [-0.39, 0.29) is 12.1 Å². The number of hydrogen-bond donors (Lipinski definition) is 0. The second kappa shape index (κ2) is 9.24. The summed E-state index contributed by atoms with van der Waals surface area (Å²) in [6.07, 6.45) is 9.98. The van der Waals surface area contributed by atoms with E-state index >= 15 is 0 Å². The molecule has 21 heavy (non-hydrogen) atoms. The van der Waals surface area contributed by atoms with E-state index in [9.17, 15) is 4.79 Å². The number of ether oxygens (including phenoxy) is 2. The Balaban J connectivity index is 2.64. The lowest BCUT2D eigenvalue weighted by atomic mass is 9.97. The number of unbranched alkanes of at least 4 members (excludes halogenated alkanes) is 2. The molecule has 1 atom stereocenters. The van der Waals surface area contributed by atoms with Crippen LogP contribution < -0.4 is 0 Å². The molecule has 1 aliphatic carbocycles. The van der Waals surface area contributed by atoms with Gasteiger partial charge in [-0.3, -0.25) is 4.79 Å². The average molecular weight is 296 g/mol. The van der Waals surface area contributed by atoms with Crippen LogP contribution in [0.25, 0.3) is 0 Å². The zero-order valence-electron chi connectivity index (χ0n) is 14.2. The number of allylic oxidation sites excluding steroid dienone is 1. The maximum atomic E-state index is 12.4. The van der Waals surface area contributed by atoms with Crippen molar-refractivity contribution in [3.63, 3.8) is 0 Å². The molecule has 0 aromatic rings. The largest absolute Gasteiger partial charge is 0.465 e. The lowest BCUT2D eigenvalue weighted by molar-refractivity contribution is -0.155. The third-order valence-corrected chi connectivity index (χ3v) is 3.94. The second-order valence-corrected chi connectivity index (χ2v) is 6.42. The first-order valence-corrected chi connectivity index (χ1v) is 8.54. The third kappa shape index (κ3) is 5.82. The molecular weight excluding hydrogens is 264 g/mol. The Morgan fingerprint density at radius 3 is 2.24 bits per heavy atom. The van der Waals surface area contributed by atoms with E-state index in [0.29, 0.717) is 19.1 Å². The van der Waals surface area contributed by atoms with E-state index < -0.39 is 5.41 Å². The van der Waals surface area contributed by atoms with Gasteiger partial charge in [0, 0.05) is 6.61 Å². The molecule has 0 saturated heterocycles. The Labute approximate surface area is 130 Å². The topological polar surface area (TPSA) is 35.5 Å². The SMILES string of the molecule is CCCCOC(=O)C1([C@@H](/C=C/C(C)C)OCCCC)CC1. The van der Waals surface area contributed by atoms with Gasteiger partial charge in [0.25, 0.3) is 0 Å². The van der Waals surface area contributed by atoms with E-state index in [1.54, 1.807) is 0 Å². The number of carbonyl (C=O) groups excluding carboxylic acids is 1. The van der Waals surface area contributed by atoms with Crippen molar-refractivity contribution in [3.8, 4) is 0 Å². The van der Waals surface area contributed by atoms with Crippen LogP contribution in [0.5, 0.6) is 0 Å². The van der Waals surface area contributed by atoms with Gasteiger partial charge in [0.1, 0.15) is 0 Å². The summed E-state index contributed by atoms with van der Waals surface area (Å²) in [4.78, 5) is 12.4. The van der Waals surface area contributed by atoms with Crippen LogP contribution in [0.4, 0.5) is 0 Å². The van der Waals surface area contributed by atoms with Crippen LogP contribution in [0.15, 0.2) is 12.2 Å². The van der Waals surface area contributed by atoms with E-state index in [4.69, 9.17) is 9.47 Å². The van der Waals surface area contributed by atoms with Gasteiger partial charge in [-0.1, -0.05) is 52.7 Å². The monoisotopic (exact) mass is 296 g/mol. The predicted molar refractivity (Wildman–Crippen MR) is 86.2 cm³/mol. The zero-order chi connectivity index (χ0) is 15.7. The highest BCUT2D eigenvalue weighted by molar-refractivity contribution is 5.81. The summed E-state index contributed by atoms with van der Waals surface area (Å²) in [6, 6.07) is 0. The highest BCUT2D eigenvalue weighted by Gasteiger charge is 2.57. The Kier molecular flexibility index (Phi) is 8.02. The van der Waals surface area contributed by atoms with Gasteiger partial charge >= 0.3 is 5.97 Å². The molecule has 0 heterocycles. The zero-order valence-corrected chi connectivity index (χ0v) is 14.2. The summed E-state index contributed by atoms with van der Waals surface area (Å²) in [5.41, 5.74) is -0.410. The lowest BCUT2D eigenvalue weighted by Crippen LogP contribution is -2.33.